The second kappa shape index (κ2) is 6.70. The lowest BCUT2D eigenvalue weighted by atomic mass is 10.00. The van der Waals surface area contributed by atoms with E-state index in [4.69, 9.17) is 10.00 Å². The monoisotopic (exact) mass is 258 g/mol. The Hall–Kier alpha value is -1.37. The van der Waals surface area contributed by atoms with Crippen LogP contribution in [-0.4, -0.2) is 31.1 Å². The van der Waals surface area contributed by atoms with Crippen molar-refractivity contribution in [1.29, 1.82) is 5.26 Å². The van der Waals surface area contributed by atoms with Gasteiger partial charge in [-0.15, -0.1) is 0 Å². The minimum Gasteiger partial charge on any atom is -0.371 e. The van der Waals surface area contributed by atoms with Gasteiger partial charge < -0.3 is 4.74 Å². The second-order valence-corrected chi connectivity index (χ2v) is 5.28. The highest BCUT2D eigenvalue weighted by atomic mass is 16.5. The minimum absolute atomic E-state index is 0.177. The number of hydrogen-bond acceptors (Lipinski definition) is 3. The summed E-state index contributed by atoms with van der Waals surface area (Å²) in [5.74, 6) is 0. The van der Waals surface area contributed by atoms with Gasteiger partial charge in [0, 0.05) is 19.5 Å². The van der Waals surface area contributed by atoms with Crippen molar-refractivity contribution in [2.45, 2.75) is 32.8 Å². The van der Waals surface area contributed by atoms with Gasteiger partial charge in [-0.3, -0.25) is 4.90 Å². The number of morpholine rings is 1. The van der Waals surface area contributed by atoms with Gasteiger partial charge in [0.05, 0.1) is 18.8 Å². The lowest BCUT2D eigenvalue weighted by Gasteiger charge is -2.33. The fraction of sp³-hybridized carbons (Fsp3) is 0.562. The van der Waals surface area contributed by atoms with E-state index in [1.54, 1.807) is 0 Å². The Kier molecular flexibility index (Phi) is 4.95. The summed E-state index contributed by atoms with van der Waals surface area (Å²) in [5.41, 5.74) is 3.90. The SMILES string of the molecule is Cc1ccc([C@@H]2CN(CCCC#N)CCO2)c(C)c1. The number of nitriles is 1. The number of ether oxygens (including phenoxy) is 1. The summed E-state index contributed by atoms with van der Waals surface area (Å²) in [6.07, 6.45) is 1.78. The molecule has 1 aromatic carbocycles. The van der Waals surface area contributed by atoms with Crippen LogP contribution in [0.4, 0.5) is 0 Å². The Labute approximate surface area is 115 Å². The van der Waals surface area contributed by atoms with Crippen LogP contribution >= 0.6 is 0 Å². The number of aryl methyl sites for hydroxylation is 2. The number of rotatable bonds is 4. The molecular weight excluding hydrogens is 236 g/mol. The maximum atomic E-state index is 8.59. The van der Waals surface area contributed by atoms with E-state index in [9.17, 15) is 0 Å². The number of benzene rings is 1. The van der Waals surface area contributed by atoms with Crippen molar-refractivity contribution in [3.05, 3.63) is 34.9 Å². The molecule has 1 atom stereocenters. The predicted octanol–water partition coefficient (Wildman–Crippen LogP) is 2.98. The molecule has 0 aromatic heterocycles. The van der Waals surface area contributed by atoms with E-state index in [1.165, 1.54) is 16.7 Å². The van der Waals surface area contributed by atoms with E-state index in [0.717, 1.165) is 32.7 Å². The molecule has 1 aromatic rings. The first kappa shape index (κ1) is 14.0. The summed E-state index contributed by atoms with van der Waals surface area (Å²) < 4.78 is 5.91. The Morgan fingerprint density at radius 1 is 1.42 bits per heavy atom. The topological polar surface area (TPSA) is 36.3 Å². The summed E-state index contributed by atoms with van der Waals surface area (Å²) in [6.45, 7) is 7.97. The first-order valence-electron chi connectivity index (χ1n) is 6.99. The van der Waals surface area contributed by atoms with Crippen molar-refractivity contribution in [3.8, 4) is 6.07 Å². The van der Waals surface area contributed by atoms with Gasteiger partial charge in [-0.05, 0) is 37.9 Å². The molecule has 1 heterocycles. The zero-order valence-corrected chi connectivity index (χ0v) is 11.9. The maximum absolute atomic E-state index is 8.59. The van der Waals surface area contributed by atoms with Gasteiger partial charge in [0.1, 0.15) is 0 Å². The fourth-order valence-electron chi connectivity index (χ4n) is 2.66. The average Bonchev–Trinajstić information content (AvgIpc) is 2.39. The Morgan fingerprint density at radius 3 is 3.00 bits per heavy atom. The van der Waals surface area contributed by atoms with Crippen LogP contribution in [0.3, 0.4) is 0 Å². The summed E-state index contributed by atoms with van der Waals surface area (Å²) >= 11 is 0. The van der Waals surface area contributed by atoms with Crippen molar-refractivity contribution < 1.29 is 4.74 Å². The molecular formula is C16H22N2O. The van der Waals surface area contributed by atoms with Gasteiger partial charge in [-0.2, -0.15) is 5.26 Å². The van der Waals surface area contributed by atoms with Crippen LogP contribution in [0.1, 0.15) is 35.6 Å². The van der Waals surface area contributed by atoms with Crippen molar-refractivity contribution >= 4 is 0 Å². The molecule has 3 heteroatoms. The van der Waals surface area contributed by atoms with Gasteiger partial charge in [-0.1, -0.05) is 23.8 Å². The van der Waals surface area contributed by atoms with Crippen LogP contribution in [0, 0.1) is 25.2 Å². The lowest BCUT2D eigenvalue weighted by molar-refractivity contribution is -0.0303. The van der Waals surface area contributed by atoms with Crippen molar-refractivity contribution in [3.63, 3.8) is 0 Å². The normalized spacial score (nSPS) is 20.2. The third kappa shape index (κ3) is 3.79. The third-order valence-corrected chi connectivity index (χ3v) is 3.69. The molecule has 0 aliphatic carbocycles. The first-order valence-corrected chi connectivity index (χ1v) is 6.99. The molecule has 1 aliphatic heterocycles. The van der Waals surface area contributed by atoms with E-state index in [-0.39, 0.29) is 6.10 Å². The summed E-state index contributed by atoms with van der Waals surface area (Å²) in [4.78, 5) is 2.41. The van der Waals surface area contributed by atoms with Gasteiger partial charge in [0.15, 0.2) is 0 Å². The molecule has 0 spiro atoms. The second-order valence-electron chi connectivity index (χ2n) is 5.28. The van der Waals surface area contributed by atoms with Gasteiger partial charge in [-0.25, -0.2) is 0 Å². The molecule has 102 valence electrons. The standard InChI is InChI=1S/C16H22N2O/c1-13-5-6-15(14(2)11-13)16-12-18(9-10-19-16)8-4-3-7-17/h5-6,11,16H,3-4,8-10,12H2,1-2H3/t16-/m0/s1. The molecule has 3 nitrogen and oxygen atoms in total. The van der Waals surface area contributed by atoms with Gasteiger partial charge in [0.2, 0.25) is 0 Å². The molecule has 1 aliphatic rings. The maximum Gasteiger partial charge on any atom is 0.0954 e. The first-order chi connectivity index (χ1) is 9.20. The molecule has 0 bridgehead atoms. The van der Waals surface area contributed by atoms with Gasteiger partial charge >= 0.3 is 0 Å². The quantitative estimate of drug-likeness (QED) is 0.779. The fourth-order valence-corrected chi connectivity index (χ4v) is 2.66. The number of hydrogen-bond donors (Lipinski definition) is 0. The molecule has 2 rings (SSSR count). The molecule has 1 fully saturated rings. The van der Waals surface area contributed by atoms with Crippen LogP contribution < -0.4 is 0 Å². The molecule has 19 heavy (non-hydrogen) atoms. The van der Waals surface area contributed by atoms with Crippen molar-refractivity contribution in [1.82, 2.24) is 4.90 Å². The lowest BCUT2D eigenvalue weighted by Crippen LogP contribution is -2.39. The van der Waals surface area contributed by atoms with Crippen LogP contribution in [0.5, 0.6) is 0 Å². The number of nitrogens with zero attached hydrogens (tertiary/aromatic N) is 2. The number of unbranched alkanes of at least 4 members (excludes halogenated alkanes) is 1. The molecule has 0 amide bonds. The van der Waals surface area contributed by atoms with Crippen LogP contribution in [0.15, 0.2) is 18.2 Å². The van der Waals surface area contributed by atoms with Crippen LogP contribution in [0.25, 0.3) is 0 Å². The van der Waals surface area contributed by atoms with E-state index < -0.39 is 0 Å². The zero-order chi connectivity index (χ0) is 13.7. The Bertz CT molecular complexity index is 464. The summed E-state index contributed by atoms with van der Waals surface area (Å²) in [7, 11) is 0. The summed E-state index contributed by atoms with van der Waals surface area (Å²) in [5, 5.41) is 8.59. The molecule has 0 N–H and O–H groups in total. The molecule has 0 saturated carbocycles. The predicted molar refractivity (Wildman–Crippen MR) is 75.9 cm³/mol. The van der Waals surface area contributed by atoms with E-state index in [2.05, 4.69) is 43.0 Å². The van der Waals surface area contributed by atoms with E-state index >= 15 is 0 Å². The minimum atomic E-state index is 0.177. The molecule has 0 unspecified atom stereocenters. The highest BCUT2D eigenvalue weighted by Gasteiger charge is 2.22. The summed E-state index contributed by atoms with van der Waals surface area (Å²) in [6, 6.07) is 8.76. The van der Waals surface area contributed by atoms with Crippen LogP contribution in [0.2, 0.25) is 0 Å². The Balaban J connectivity index is 1.98. The smallest absolute Gasteiger partial charge is 0.0954 e. The molecule has 0 radical (unpaired) electrons. The molecule has 1 saturated heterocycles. The average molecular weight is 258 g/mol. The third-order valence-electron chi connectivity index (χ3n) is 3.69. The van der Waals surface area contributed by atoms with Gasteiger partial charge in [0.25, 0.3) is 0 Å². The van der Waals surface area contributed by atoms with Crippen molar-refractivity contribution in [2.75, 3.05) is 26.2 Å². The largest absolute Gasteiger partial charge is 0.371 e. The van der Waals surface area contributed by atoms with E-state index in [0.29, 0.717) is 6.42 Å². The highest BCUT2D eigenvalue weighted by molar-refractivity contribution is 5.32. The van der Waals surface area contributed by atoms with Crippen LogP contribution in [-0.2, 0) is 4.74 Å². The van der Waals surface area contributed by atoms with Crippen molar-refractivity contribution in [2.24, 2.45) is 0 Å². The zero-order valence-electron chi connectivity index (χ0n) is 11.9. The van der Waals surface area contributed by atoms with E-state index in [1.807, 2.05) is 0 Å². The highest BCUT2D eigenvalue weighted by Crippen LogP contribution is 2.25. The Morgan fingerprint density at radius 2 is 2.26 bits per heavy atom.